The molecular weight excluding hydrogens is 196 g/mol. The molecule has 98 valence electrons. The molecule has 0 spiro atoms. The number of nitrogens with one attached hydrogen (secondary N) is 1. The van der Waals surface area contributed by atoms with Crippen LogP contribution >= 0.6 is 0 Å². The molecule has 0 rings (SSSR count). The highest BCUT2D eigenvalue weighted by molar-refractivity contribution is 4.77. The summed E-state index contributed by atoms with van der Waals surface area (Å²) in [5, 5.41) is 3.49. The van der Waals surface area contributed by atoms with Gasteiger partial charge in [-0.05, 0) is 51.4 Å². The Morgan fingerprint density at radius 3 is 2.12 bits per heavy atom. The lowest BCUT2D eigenvalue weighted by Gasteiger charge is -2.35. The summed E-state index contributed by atoms with van der Waals surface area (Å²) in [7, 11) is 2.23. The molecule has 0 aromatic rings. The second kappa shape index (κ2) is 7.29. The van der Waals surface area contributed by atoms with Crippen LogP contribution in [0.1, 0.15) is 48.0 Å². The van der Waals surface area contributed by atoms with E-state index in [9.17, 15) is 0 Å². The zero-order valence-electron chi connectivity index (χ0n) is 12.4. The fourth-order valence-electron chi connectivity index (χ4n) is 1.70. The second-order valence-electron chi connectivity index (χ2n) is 6.47. The number of hydrogen-bond acceptors (Lipinski definition) is 2. The molecule has 0 aliphatic carbocycles. The smallest absolute Gasteiger partial charge is 0.0112 e. The van der Waals surface area contributed by atoms with Crippen LogP contribution < -0.4 is 5.32 Å². The Balaban J connectivity index is 3.62. The summed E-state index contributed by atoms with van der Waals surface area (Å²) in [6.07, 6.45) is 1.24. The standard InChI is InChI=1S/C14H32N2/c1-12(2)11-15-9-8-10-16(7)13(3)14(4,5)6/h12-13,15H,8-11H2,1-7H3. The van der Waals surface area contributed by atoms with Gasteiger partial charge in [-0.3, -0.25) is 0 Å². The van der Waals surface area contributed by atoms with Crippen molar-refractivity contribution in [2.75, 3.05) is 26.7 Å². The molecular formula is C14H32N2. The van der Waals surface area contributed by atoms with Crippen molar-refractivity contribution in [1.29, 1.82) is 0 Å². The van der Waals surface area contributed by atoms with E-state index in [1.54, 1.807) is 0 Å². The van der Waals surface area contributed by atoms with E-state index in [-0.39, 0.29) is 0 Å². The lowest BCUT2D eigenvalue weighted by molar-refractivity contribution is 0.139. The zero-order valence-corrected chi connectivity index (χ0v) is 12.4. The van der Waals surface area contributed by atoms with Crippen LogP contribution in [0.4, 0.5) is 0 Å². The minimum atomic E-state index is 0.375. The van der Waals surface area contributed by atoms with Gasteiger partial charge in [0.25, 0.3) is 0 Å². The van der Waals surface area contributed by atoms with Gasteiger partial charge < -0.3 is 10.2 Å². The van der Waals surface area contributed by atoms with E-state index in [1.165, 1.54) is 13.0 Å². The first kappa shape index (κ1) is 15.9. The highest BCUT2D eigenvalue weighted by Gasteiger charge is 2.23. The maximum atomic E-state index is 3.49. The molecule has 0 amide bonds. The molecule has 2 nitrogen and oxygen atoms in total. The van der Waals surface area contributed by atoms with E-state index in [0.29, 0.717) is 11.5 Å². The van der Waals surface area contributed by atoms with Gasteiger partial charge in [-0.2, -0.15) is 0 Å². The second-order valence-corrected chi connectivity index (χ2v) is 6.47. The maximum absolute atomic E-state index is 3.49. The largest absolute Gasteiger partial charge is 0.316 e. The van der Waals surface area contributed by atoms with Gasteiger partial charge >= 0.3 is 0 Å². The fourth-order valence-corrected chi connectivity index (χ4v) is 1.70. The molecule has 0 bridgehead atoms. The molecule has 0 aliphatic rings. The zero-order chi connectivity index (χ0) is 12.8. The van der Waals surface area contributed by atoms with Crippen molar-refractivity contribution in [3.63, 3.8) is 0 Å². The Kier molecular flexibility index (Phi) is 7.25. The van der Waals surface area contributed by atoms with Gasteiger partial charge in [-0.25, -0.2) is 0 Å². The summed E-state index contributed by atoms with van der Waals surface area (Å²) in [6.45, 7) is 17.2. The maximum Gasteiger partial charge on any atom is 0.0112 e. The number of rotatable bonds is 7. The SMILES string of the molecule is CC(C)CNCCCN(C)C(C)C(C)(C)C. The van der Waals surface area contributed by atoms with Gasteiger partial charge in [0.15, 0.2) is 0 Å². The highest BCUT2D eigenvalue weighted by Crippen LogP contribution is 2.22. The quantitative estimate of drug-likeness (QED) is 0.674. The molecule has 0 aromatic heterocycles. The van der Waals surface area contributed by atoms with Crippen LogP contribution in [0.25, 0.3) is 0 Å². The van der Waals surface area contributed by atoms with Gasteiger partial charge in [-0.15, -0.1) is 0 Å². The summed E-state index contributed by atoms with van der Waals surface area (Å²) in [4.78, 5) is 2.47. The van der Waals surface area contributed by atoms with Crippen LogP contribution in [0.2, 0.25) is 0 Å². The van der Waals surface area contributed by atoms with Crippen molar-refractivity contribution in [3.05, 3.63) is 0 Å². The normalized spacial score (nSPS) is 14.8. The average Bonchev–Trinajstić information content (AvgIpc) is 2.13. The van der Waals surface area contributed by atoms with E-state index in [1.807, 2.05) is 0 Å². The van der Waals surface area contributed by atoms with Crippen molar-refractivity contribution < 1.29 is 0 Å². The molecule has 0 aromatic carbocycles. The van der Waals surface area contributed by atoms with Crippen molar-refractivity contribution in [2.24, 2.45) is 11.3 Å². The number of hydrogen-bond donors (Lipinski definition) is 1. The van der Waals surface area contributed by atoms with Gasteiger partial charge in [0, 0.05) is 6.04 Å². The summed E-state index contributed by atoms with van der Waals surface area (Å²) >= 11 is 0. The molecule has 0 aliphatic heterocycles. The third-order valence-electron chi connectivity index (χ3n) is 3.33. The molecule has 2 heteroatoms. The highest BCUT2D eigenvalue weighted by atomic mass is 15.1. The van der Waals surface area contributed by atoms with Gasteiger partial charge in [0.05, 0.1) is 0 Å². The summed E-state index contributed by atoms with van der Waals surface area (Å²) in [6, 6.07) is 0.637. The predicted octanol–water partition coefficient (Wildman–Crippen LogP) is 2.99. The Bertz CT molecular complexity index is 170. The Morgan fingerprint density at radius 2 is 1.69 bits per heavy atom. The van der Waals surface area contributed by atoms with Gasteiger partial charge in [-0.1, -0.05) is 34.6 Å². The molecule has 0 saturated carbocycles. The molecule has 0 saturated heterocycles. The topological polar surface area (TPSA) is 15.3 Å². The van der Waals surface area contributed by atoms with Crippen molar-refractivity contribution in [3.8, 4) is 0 Å². The van der Waals surface area contributed by atoms with Crippen LogP contribution in [0.15, 0.2) is 0 Å². The molecule has 1 atom stereocenters. The first-order valence-electron chi connectivity index (χ1n) is 6.66. The van der Waals surface area contributed by atoms with Crippen LogP contribution in [0, 0.1) is 11.3 Å². The lowest BCUT2D eigenvalue weighted by Crippen LogP contribution is -2.40. The average molecular weight is 228 g/mol. The van der Waals surface area contributed by atoms with E-state index in [4.69, 9.17) is 0 Å². The Hall–Kier alpha value is -0.0800. The first-order valence-corrected chi connectivity index (χ1v) is 6.66. The Labute approximate surface area is 103 Å². The van der Waals surface area contributed by atoms with Crippen molar-refractivity contribution >= 4 is 0 Å². The van der Waals surface area contributed by atoms with Crippen LogP contribution in [-0.4, -0.2) is 37.6 Å². The molecule has 0 fully saturated rings. The first-order chi connectivity index (χ1) is 7.25. The van der Waals surface area contributed by atoms with Gasteiger partial charge in [0.1, 0.15) is 0 Å². The summed E-state index contributed by atoms with van der Waals surface area (Å²) in [5.74, 6) is 0.756. The molecule has 1 N–H and O–H groups in total. The summed E-state index contributed by atoms with van der Waals surface area (Å²) < 4.78 is 0. The molecule has 1 unspecified atom stereocenters. The van der Waals surface area contributed by atoms with E-state index < -0.39 is 0 Å². The molecule has 0 radical (unpaired) electrons. The molecule has 0 heterocycles. The monoisotopic (exact) mass is 228 g/mol. The minimum absolute atomic E-state index is 0.375. The van der Waals surface area contributed by atoms with E-state index in [2.05, 4.69) is 58.8 Å². The summed E-state index contributed by atoms with van der Waals surface area (Å²) in [5.41, 5.74) is 0.375. The molecule has 16 heavy (non-hydrogen) atoms. The minimum Gasteiger partial charge on any atom is -0.316 e. The number of nitrogens with zero attached hydrogens (tertiary/aromatic N) is 1. The predicted molar refractivity (Wildman–Crippen MR) is 73.9 cm³/mol. The third-order valence-corrected chi connectivity index (χ3v) is 3.33. The van der Waals surface area contributed by atoms with E-state index in [0.717, 1.165) is 19.0 Å². The van der Waals surface area contributed by atoms with Crippen LogP contribution in [0.5, 0.6) is 0 Å². The van der Waals surface area contributed by atoms with Crippen molar-refractivity contribution in [1.82, 2.24) is 10.2 Å². The van der Waals surface area contributed by atoms with Crippen LogP contribution in [0.3, 0.4) is 0 Å². The van der Waals surface area contributed by atoms with Crippen molar-refractivity contribution in [2.45, 2.75) is 54.0 Å². The Morgan fingerprint density at radius 1 is 1.12 bits per heavy atom. The van der Waals surface area contributed by atoms with Crippen LogP contribution in [-0.2, 0) is 0 Å². The fraction of sp³-hybridized carbons (Fsp3) is 1.00. The third kappa shape index (κ3) is 7.24. The van der Waals surface area contributed by atoms with E-state index >= 15 is 0 Å². The lowest BCUT2D eigenvalue weighted by atomic mass is 9.87. The van der Waals surface area contributed by atoms with Gasteiger partial charge in [0.2, 0.25) is 0 Å².